The highest BCUT2D eigenvalue weighted by Gasteiger charge is 2.33. The fourth-order valence-electron chi connectivity index (χ4n) is 1.65. The Morgan fingerprint density at radius 2 is 1.90 bits per heavy atom. The van der Waals surface area contributed by atoms with Crippen molar-refractivity contribution in [2.75, 3.05) is 11.1 Å². The molecule has 0 saturated heterocycles. The number of nitrogen functional groups attached to an aromatic ring is 1. The molecular weight excluding hydrogens is 293 g/mol. The number of rotatable bonds is 2. The van der Waals surface area contributed by atoms with E-state index in [0.29, 0.717) is 5.69 Å². The van der Waals surface area contributed by atoms with Crippen molar-refractivity contribution in [2.24, 2.45) is 0 Å². The highest BCUT2D eigenvalue weighted by atomic mass is 35.5. The second-order valence-electron chi connectivity index (χ2n) is 4.07. The number of hydrogen-bond acceptors (Lipinski definition) is 4. The molecule has 2 rings (SSSR count). The summed E-state index contributed by atoms with van der Waals surface area (Å²) in [5, 5.41) is 2.58. The van der Waals surface area contributed by atoms with Gasteiger partial charge in [0.15, 0.2) is 0 Å². The molecule has 0 radical (unpaired) electrons. The Bertz CT molecular complexity index is 623. The lowest BCUT2D eigenvalue weighted by molar-refractivity contribution is -0.136. The molecule has 1 aromatic heterocycles. The third kappa shape index (κ3) is 3.30. The molecular formula is C12H10ClF3N4. The van der Waals surface area contributed by atoms with Gasteiger partial charge in [-0.25, -0.2) is 4.98 Å². The molecule has 0 amide bonds. The molecule has 4 nitrogen and oxygen atoms in total. The zero-order valence-corrected chi connectivity index (χ0v) is 11.0. The average Bonchev–Trinajstić information content (AvgIpc) is 2.28. The summed E-state index contributed by atoms with van der Waals surface area (Å²) in [7, 11) is 0. The van der Waals surface area contributed by atoms with E-state index in [9.17, 15) is 13.2 Å². The van der Waals surface area contributed by atoms with Gasteiger partial charge in [-0.2, -0.15) is 18.2 Å². The summed E-state index contributed by atoms with van der Waals surface area (Å²) >= 11 is 5.60. The number of nitrogens with zero attached hydrogens (tertiary/aromatic N) is 2. The van der Waals surface area contributed by atoms with Crippen molar-refractivity contribution in [2.45, 2.75) is 13.1 Å². The molecule has 0 atom stereocenters. The average molecular weight is 303 g/mol. The summed E-state index contributed by atoms with van der Waals surface area (Å²) < 4.78 is 38.8. The van der Waals surface area contributed by atoms with Gasteiger partial charge in [0.25, 0.3) is 0 Å². The third-order valence-electron chi connectivity index (χ3n) is 2.42. The number of alkyl halides is 3. The topological polar surface area (TPSA) is 63.8 Å². The van der Waals surface area contributed by atoms with Crippen molar-refractivity contribution < 1.29 is 13.2 Å². The maximum atomic E-state index is 12.9. The first kappa shape index (κ1) is 14.4. The number of aromatic nitrogens is 2. The standard InChI is InChI=1S/C12H10ClF3N4/c1-6-4-10(20-11(17)18-6)19-9-3-2-7(13)5-8(9)12(14,15)16/h2-5H,1H3,(H3,17,18,19,20). The van der Waals surface area contributed by atoms with E-state index in [1.807, 2.05) is 0 Å². The molecule has 0 aliphatic heterocycles. The first-order valence-corrected chi connectivity index (χ1v) is 5.88. The SMILES string of the molecule is Cc1cc(Nc2ccc(Cl)cc2C(F)(F)F)nc(N)n1. The molecule has 0 bridgehead atoms. The number of hydrogen-bond donors (Lipinski definition) is 2. The molecule has 3 N–H and O–H groups in total. The number of nitrogens with one attached hydrogen (secondary N) is 1. The summed E-state index contributed by atoms with van der Waals surface area (Å²) in [6.45, 7) is 1.66. The van der Waals surface area contributed by atoms with Gasteiger partial charge < -0.3 is 11.1 Å². The summed E-state index contributed by atoms with van der Waals surface area (Å²) in [4.78, 5) is 7.67. The molecule has 0 spiro atoms. The predicted molar refractivity (Wildman–Crippen MR) is 70.9 cm³/mol. The highest BCUT2D eigenvalue weighted by molar-refractivity contribution is 6.30. The lowest BCUT2D eigenvalue weighted by Gasteiger charge is -2.14. The summed E-state index contributed by atoms with van der Waals surface area (Å²) in [5.41, 5.74) is 4.97. The zero-order chi connectivity index (χ0) is 14.9. The van der Waals surface area contributed by atoms with Crippen LogP contribution in [0.3, 0.4) is 0 Å². The van der Waals surface area contributed by atoms with Gasteiger partial charge in [0.1, 0.15) is 5.82 Å². The van der Waals surface area contributed by atoms with E-state index in [-0.39, 0.29) is 22.5 Å². The molecule has 106 valence electrons. The minimum absolute atomic E-state index is 0.00116. The van der Waals surface area contributed by atoms with Gasteiger partial charge in [-0.3, -0.25) is 0 Å². The second kappa shape index (κ2) is 5.16. The Kier molecular flexibility index (Phi) is 3.71. The van der Waals surface area contributed by atoms with Gasteiger partial charge in [0, 0.05) is 16.8 Å². The van der Waals surface area contributed by atoms with Crippen LogP contribution in [0.5, 0.6) is 0 Å². The van der Waals surface area contributed by atoms with Crippen molar-refractivity contribution in [3.05, 3.63) is 40.5 Å². The van der Waals surface area contributed by atoms with E-state index in [1.54, 1.807) is 6.92 Å². The number of nitrogens with two attached hydrogens (primary N) is 1. The molecule has 1 heterocycles. The van der Waals surface area contributed by atoms with Crippen molar-refractivity contribution in [1.29, 1.82) is 0 Å². The van der Waals surface area contributed by atoms with Gasteiger partial charge in [-0.05, 0) is 25.1 Å². The van der Waals surface area contributed by atoms with Crippen LogP contribution in [0.4, 0.5) is 30.6 Å². The Morgan fingerprint density at radius 1 is 1.20 bits per heavy atom. The van der Waals surface area contributed by atoms with Crippen molar-refractivity contribution in [3.63, 3.8) is 0 Å². The first-order chi connectivity index (χ1) is 9.25. The van der Waals surface area contributed by atoms with Gasteiger partial charge in [0.05, 0.1) is 11.3 Å². The van der Waals surface area contributed by atoms with Crippen LogP contribution < -0.4 is 11.1 Å². The van der Waals surface area contributed by atoms with Crippen molar-refractivity contribution in [1.82, 2.24) is 9.97 Å². The molecule has 0 aliphatic rings. The number of aryl methyl sites for hydroxylation is 1. The van der Waals surface area contributed by atoms with E-state index in [4.69, 9.17) is 17.3 Å². The van der Waals surface area contributed by atoms with E-state index in [1.165, 1.54) is 18.2 Å². The van der Waals surface area contributed by atoms with Gasteiger partial charge in [0.2, 0.25) is 5.95 Å². The molecule has 8 heteroatoms. The molecule has 20 heavy (non-hydrogen) atoms. The minimum atomic E-state index is -4.53. The second-order valence-corrected chi connectivity index (χ2v) is 4.50. The van der Waals surface area contributed by atoms with Crippen LogP contribution in [0.15, 0.2) is 24.3 Å². The third-order valence-corrected chi connectivity index (χ3v) is 2.66. The number of halogens is 4. The van der Waals surface area contributed by atoms with Gasteiger partial charge in [-0.1, -0.05) is 11.6 Å². The fraction of sp³-hybridized carbons (Fsp3) is 0.167. The van der Waals surface area contributed by atoms with Crippen molar-refractivity contribution in [3.8, 4) is 0 Å². The minimum Gasteiger partial charge on any atom is -0.368 e. The van der Waals surface area contributed by atoms with Crippen LogP contribution in [0, 0.1) is 6.92 Å². The van der Waals surface area contributed by atoms with Gasteiger partial charge >= 0.3 is 6.18 Å². The molecule has 0 saturated carbocycles. The monoisotopic (exact) mass is 302 g/mol. The Balaban J connectivity index is 2.43. The lowest BCUT2D eigenvalue weighted by Crippen LogP contribution is -2.10. The predicted octanol–water partition coefficient (Wildman–Crippen LogP) is 3.78. The maximum Gasteiger partial charge on any atom is 0.418 e. The number of anilines is 3. The van der Waals surface area contributed by atoms with Crippen molar-refractivity contribution >= 4 is 29.1 Å². The first-order valence-electron chi connectivity index (χ1n) is 5.50. The van der Waals surface area contributed by atoms with E-state index >= 15 is 0 Å². The summed E-state index contributed by atoms with van der Waals surface area (Å²) in [6.07, 6.45) is -4.53. The Hall–Kier alpha value is -2.02. The maximum absolute atomic E-state index is 12.9. The van der Waals surface area contributed by atoms with E-state index in [2.05, 4.69) is 15.3 Å². The largest absolute Gasteiger partial charge is 0.418 e. The van der Waals surface area contributed by atoms with Gasteiger partial charge in [-0.15, -0.1) is 0 Å². The highest BCUT2D eigenvalue weighted by Crippen LogP contribution is 2.37. The molecule has 0 aliphatic carbocycles. The molecule has 2 aromatic rings. The smallest absolute Gasteiger partial charge is 0.368 e. The Labute approximate surface area is 117 Å². The summed E-state index contributed by atoms with van der Waals surface area (Å²) in [5.74, 6) is 0.165. The molecule has 0 fully saturated rings. The normalized spacial score (nSPS) is 11.4. The molecule has 0 unspecified atom stereocenters. The van der Waals surface area contributed by atoms with Crippen LogP contribution in [0.2, 0.25) is 5.02 Å². The quantitative estimate of drug-likeness (QED) is 0.886. The Morgan fingerprint density at radius 3 is 2.50 bits per heavy atom. The van der Waals surface area contributed by atoms with Crippen LogP contribution in [0.25, 0.3) is 0 Å². The zero-order valence-electron chi connectivity index (χ0n) is 10.3. The number of benzene rings is 1. The van der Waals surface area contributed by atoms with Crippen LogP contribution in [0.1, 0.15) is 11.3 Å². The fourth-order valence-corrected chi connectivity index (χ4v) is 1.83. The van der Waals surface area contributed by atoms with Crippen LogP contribution >= 0.6 is 11.6 Å². The lowest BCUT2D eigenvalue weighted by atomic mass is 10.1. The van der Waals surface area contributed by atoms with E-state index < -0.39 is 11.7 Å². The molecule has 1 aromatic carbocycles. The van der Waals surface area contributed by atoms with E-state index in [0.717, 1.165) is 6.07 Å². The van der Waals surface area contributed by atoms with Crippen LogP contribution in [-0.2, 0) is 6.18 Å². The van der Waals surface area contributed by atoms with Crippen LogP contribution in [-0.4, -0.2) is 9.97 Å². The summed E-state index contributed by atoms with van der Waals surface area (Å²) in [6, 6.07) is 4.93.